The van der Waals surface area contributed by atoms with Crippen LogP contribution in [0.15, 0.2) is 18.2 Å². The first-order chi connectivity index (χ1) is 7.72. The van der Waals surface area contributed by atoms with E-state index in [-0.39, 0.29) is 6.61 Å². The van der Waals surface area contributed by atoms with Crippen molar-refractivity contribution in [1.82, 2.24) is 0 Å². The molecule has 0 aliphatic carbocycles. The van der Waals surface area contributed by atoms with Gasteiger partial charge in [0.15, 0.2) is 0 Å². The minimum Gasteiger partial charge on any atom is -0.396 e. The second kappa shape index (κ2) is 7.17. The molecule has 2 N–H and O–H groups in total. The molecule has 90 valence electrons. The van der Waals surface area contributed by atoms with E-state index in [2.05, 4.69) is 5.32 Å². The molecular weight excluding hydrogens is 212 g/mol. The van der Waals surface area contributed by atoms with Gasteiger partial charge in [0.2, 0.25) is 0 Å². The number of halogens is 2. The van der Waals surface area contributed by atoms with Gasteiger partial charge >= 0.3 is 0 Å². The maximum Gasteiger partial charge on any atom is 0.128 e. The molecule has 1 rings (SSSR count). The Kier molecular flexibility index (Phi) is 5.78. The maximum absolute atomic E-state index is 12.8. The zero-order valence-electron chi connectivity index (χ0n) is 9.18. The molecule has 0 fully saturated rings. The van der Waals surface area contributed by atoms with Crippen molar-refractivity contribution in [1.29, 1.82) is 0 Å². The summed E-state index contributed by atoms with van der Waals surface area (Å²) < 4.78 is 25.6. The van der Waals surface area contributed by atoms with Gasteiger partial charge in [-0.15, -0.1) is 0 Å². The van der Waals surface area contributed by atoms with Gasteiger partial charge in [0, 0.05) is 24.9 Å². The van der Waals surface area contributed by atoms with Gasteiger partial charge in [-0.25, -0.2) is 8.78 Å². The lowest BCUT2D eigenvalue weighted by atomic mass is 10.2. The van der Waals surface area contributed by atoms with E-state index in [4.69, 9.17) is 5.11 Å². The Balaban J connectivity index is 2.21. The van der Waals surface area contributed by atoms with Crippen LogP contribution in [0.1, 0.15) is 25.7 Å². The lowest BCUT2D eigenvalue weighted by Crippen LogP contribution is -2.02. The van der Waals surface area contributed by atoms with Gasteiger partial charge in [-0.2, -0.15) is 0 Å². The van der Waals surface area contributed by atoms with Crippen molar-refractivity contribution in [2.75, 3.05) is 18.5 Å². The van der Waals surface area contributed by atoms with E-state index < -0.39 is 11.6 Å². The Hall–Kier alpha value is -1.16. The van der Waals surface area contributed by atoms with Gasteiger partial charge in [0.1, 0.15) is 11.6 Å². The first-order valence-electron chi connectivity index (χ1n) is 5.53. The molecule has 0 aliphatic rings. The fraction of sp³-hybridized carbons (Fsp3) is 0.500. The molecular formula is C12H17F2NO. The highest BCUT2D eigenvalue weighted by Crippen LogP contribution is 2.13. The van der Waals surface area contributed by atoms with E-state index in [1.807, 2.05) is 0 Å². The normalized spacial score (nSPS) is 10.4. The molecule has 0 radical (unpaired) electrons. The predicted molar refractivity (Wildman–Crippen MR) is 60.4 cm³/mol. The Morgan fingerprint density at radius 1 is 0.938 bits per heavy atom. The van der Waals surface area contributed by atoms with Crippen LogP contribution in [0.2, 0.25) is 0 Å². The first-order valence-corrected chi connectivity index (χ1v) is 5.53. The molecule has 0 aromatic heterocycles. The van der Waals surface area contributed by atoms with Crippen molar-refractivity contribution in [3.05, 3.63) is 29.8 Å². The van der Waals surface area contributed by atoms with Crippen molar-refractivity contribution >= 4 is 5.69 Å². The molecule has 0 saturated heterocycles. The smallest absolute Gasteiger partial charge is 0.128 e. The van der Waals surface area contributed by atoms with Crippen molar-refractivity contribution in [2.24, 2.45) is 0 Å². The summed E-state index contributed by atoms with van der Waals surface area (Å²) >= 11 is 0. The summed E-state index contributed by atoms with van der Waals surface area (Å²) in [6.45, 7) is 0.914. The second-order valence-electron chi connectivity index (χ2n) is 3.72. The molecule has 4 heteroatoms. The molecule has 1 aromatic rings. The highest BCUT2D eigenvalue weighted by molar-refractivity contribution is 5.43. The summed E-state index contributed by atoms with van der Waals surface area (Å²) in [5.41, 5.74) is 0.472. The highest BCUT2D eigenvalue weighted by atomic mass is 19.1. The summed E-state index contributed by atoms with van der Waals surface area (Å²) in [6.07, 6.45) is 3.73. The number of hydrogen-bond acceptors (Lipinski definition) is 2. The van der Waals surface area contributed by atoms with Gasteiger partial charge in [-0.1, -0.05) is 12.8 Å². The van der Waals surface area contributed by atoms with Gasteiger partial charge in [0.05, 0.1) is 0 Å². The molecule has 2 nitrogen and oxygen atoms in total. The minimum absolute atomic E-state index is 0.225. The van der Waals surface area contributed by atoms with Crippen LogP contribution in [0.5, 0.6) is 0 Å². The third kappa shape index (κ3) is 5.07. The lowest BCUT2D eigenvalue weighted by Gasteiger charge is -2.06. The molecule has 0 unspecified atom stereocenters. The van der Waals surface area contributed by atoms with Gasteiger partial charge in [0.25, 0.3) is 0 Å². The molecule has 0 spiro atoms. The van der Waals surface area contributed by atoms with Gasteiger partial charge < -0.3 is 10.4 Å². The highest BCUT2D eigenvalue weighted by Gasteiger charge is 1.99. The average molecular weight is 229 g/mol. The van der Waals surface area contributed by atoms with Crippen LogP contribution in [0.4, 0.5) is 14.5 Å². The Morgan fingerprint density at radius 3 is 2.19 bits per heavy atom. The van der Waals surface area contributed by atoms with E-state index in [9.17, 15) is 8.78 Å². The van der Waals surface area contributed by atoms with Crippen molar-refractivity contribution in [3.8, 4) is 0 Å². The van der Waals surface area contributed by atoms with Crippen molar-refractivity contribution in [3.63, 3.8) is 0 Å². The van der Waals surface area contributed by atoms with Crippen molar-refractivity contribution in [2.45, 2.75) is 25.7 Å². The summed E-state index contributed by atoms with van der Waals surface area (Å²) in [5.74, 6) is -1.13. The largest absolute Gasteiger partial charge is 0.396 e. The SMILES string of the molecule is OCCCCCCNc1cc(F)cc(F)c1. The van der Waals surface area contributed by atoms with Crippen LogP contribution in [-0.2, 0) is 0 Å². The third-order valence-corrected chi connectivity index (χ3v) is 2.28. The Labute approximate surface area is 94.3 Å². The van der Waals surface area contributed by atoms with Crippen LogP contribution in [0, 0.1) is 11.6 Å². The number of aliphatic hydroxyl groups is 1. The summed E-state index contributed by atoms with van der Waals surface area (Å²) in [5, 5.41) is 11.5. The molecule has 0 bridgehead atoms. The van der Waals surface area contributed by atoms with Crippen LogP contribution in [-0.4, -0.2) is 18.3 Å². The zero-order valence-corrected chi connectivity index (χ0v) is 9.18. The lowest BCUT2D eigenvalue weighted by molar-refractivity contribution is 0.283. The number of benzene rings is 1. The Morgan fingerprint density at radius 2 is 1.56 bits per heavy atom. The quantitative estimate of drug-likeness (QED) is 0.704. The van der Waals surface area contributed by atoms with Crippen LogP contribution in [0.25, 0.3) is 0 Å². The number of aliphatic hydroxyl groups excluding tert-OH is 1. The average Bonchev–Trinajstić information content (AvgIpc) is 2.22. The van der Waals surface area contributed by atoms with Crippen LogP contribution < -0.4 is 5.32 Å². The van der Waals surface area contributed by atoms with Gasteiger partial charge in [-0.05, 0) is 25.0 Å². The van der Waals surface area contributed by atoms with Crippen LogP contribution >= 0.6 is 0 Å². The maximum atomic E-state index is 12.8. The molecule has 16 heavy (non-hydrogen) atoms. The van der Waals surface area contributed by atoms with E-state index >= 15 is 0 Å². The first kappa shape index (κ1) is 12.9. The van der Waals surface area contributed by atoms with E-state index in [0.29, 0.717) is 12.2 Å². The topological polar surface area (TPSA) is 32.3 Å². The number of nitrogens with one attached hydrogen (secondary N) is 1. The molecule has 0 saturated carbocycles. The molecule has 0 atom stereocenters. The fourth-order valence-electron chi connectivity index (χ4n) is 1.48. The number of rotatable bonds is 7. The summed E-state index contributed by atoms with van der Waals surface area (Å²) in [4.78, 5) is 0. The summed E-state index contributed by atoms with van der Waals surface area (Å²) in [6, 6.07) is 3.40. The summed E-state index contributed by atoms with van der Waals surface area (Å²) in [7, 11) is 0. The van der Waals surface area contributed by atoms with Crippen LogP contribution in [0.3, 0.4) is 0 Å². The molecule has 0 aliphatic heterocycles. The number of anilines is 1. The third-order valence-electron chi connectivity index (χ3n) is 2.28. The molecule has 0 amide bonds. The standard InChI is InChI=1S/C12H17F2NO/c13-10-7-11(14)9-12(8-10)15-5-3-1-2-4-6-16/h7-9,15-16H,1-6H2. The van der Waals surface area contributed by atoms with Crippen molar-refractivity contribution < 1.29 is 13.9 Å². The number of unbranched alkanes of at least 4 members (excludes halogenated alkanes) is 3. The molecule has 1 aromatic carbocycles. The zero-order chi connectivity index (χ0) is 11.8. The molecule has 0 heterocycles. The number of hydrogen-bond donors (Lipinski definition) is 2. The predicted octanol–water partition coefficient (Wildman–Crippen LogP) is 2.93. The fourth-order valence-corrected chi connectivity index (χ4v) is 1.48. The Bertz CT molecular complexity index is 298. The monoisotopic (exact) mass is 229 g/mol. The van der Waals surface area contributed by atoms with E-state index in [1.165, 1.54) is 12.1 Å². The van der Waals surface area contributed by atoms with E-state index in [1.54, 1.807) is 0 Å². The second-order valence-corrected chi connectivity index (χ2v) is 3.72. The minimum atomic E-state index is -0.567. The van der Waals surface area contributed by atoms with Gasteiger partial charge in [-0.3, -0.25) is 0 Å². The van der Waals surface area contributed by atoms with E-state index in [0.717, 1.165) is 31.7 Å².